The Morgan fingerprint density at radius 3 is 2.45 bits per heavy atom. The van der Waals surface area contributed by atoms with Crippen molar-refractivity contribution >= 4 is 5.91 Å². The van der Waals surface area contributed by atoms with Gasteiger partial charge in [-0.1, -0.05) is 43.3 Å². The highest BCUT2D eigenvalue weighted by atomic mass is 16.5. The van der Waals surface area contributed by atoms with Crippen LogP contribution in [0.2, 0.25) is 0 Å². The molecule has 0 saturated heterocycles. The Balaban J connectivity index is 2.31. The average molecular weight is 297 g/mol. The summed E-state index contributed by atoms with van der Waals surface area (Å²) in [4.78, 5) is 12.3. The second kappa shape index (κ2) is 7.64. The molecule has 0 aromatic heterocycles. The van der Waals surface area contributed by atoms with Crippen LogP contribution in [-0.4, -0.2) is 19.6 Å². The van der Waals surface area contributed by atoms with E-state index in [4.69, 9.17) is 4.74 Å². The molecule has 0 aliphatic heterocycles. The summed E-state index contributed by atoms with van der Waals surface area (Å²) in [6, 6.07) is 16.0. The lowest BCUT2D eigenvalue weighted by atomic mass is 9.91. The van der Waals surface area contributed by atoms with Crippen molar-refractivity contribution in [2.24, 2.45) is 0 Å². The predicted octanol–water partition coefficient (Wildman–Crippen LogP) is 3.99. The minimum absolute atomic E-state index is 0.0720. The van der Waals surface area contributed by atoms with Gasteiger partial charge in [-0.25, -0.2) is 0 Å². The molecule has 0 heterocycles. The molecule has 1 amide bonds. The first-order valence-electron chi connectivity index (χ1n) is 7.68. The molecule has 0 spiro atoms. The Morgan fingerprint density at radius 2 is 1.82 bits per heavy atom. The molecule has 0 bridgehead atoms. The molecule has 0 aliphatic carbocycles. The molecule has 0 fully saturated rings. The van der Waals surface area contributed by atoms with Gasteiger partial charge in [-0.2, -0.15) is 0 Å². The molecular formula is C19H23NO2. The normalized spacial score (nSPS) is 11.8. The number of ether oxygens (including phenoxy) is 1. The Bertz CT molecular complexity index is 620. The lowest BCUT2D eigenvalue weighted by molar-refractivity contribution is -0.122. The first-order chi connectivity index (χ1) is 10.7. The molecular weight excluding hydrogens is 274 g/mol. The van der Waals surface area contributed by atoms with Crippen molar-refractivity contribution in [1.82, 2.24) is 5.32 Å². The van der Waals surface area contributed by atoms with E-state index in [1.165, 1.54) is 0 Å². The number of nitrogens with one attached hydrogen (secondary N) is 1. The summed E-state index contributed by atoms with van der Waals surface area (Å²) in [5.41, 5.74) is 3.22. The van der Waals surface area contributed by atoms with Crippen LogP contribution < -0.4 is 10.1 Å². The maximum absolute atomic E-state index is 12.3. The fourth-order valence-electron chi connectivity index (χ4n) is 2.45. The summed E-state index contributed by atoms with van der Waals surface area (Å²) < 4.78 is 5.20. The van der Waals surface area contributed by atoms with Gasteiger partial charge >= 0.3 is 0 Å². The third kappa shape index (κ3) is 3.67. The number of benzene rings is 2. The van der Waals surface area contributed by atoms with E-state index in [0.29, 0.717) is 6.54 Å². The number of amides is 1. The average Bonchev–Trinajstić information content (AvgIpc) is 2.59. The SMILES string of the molecule is CCCNC(=O)C(C)c1ccccc1-c1ccc(OC)cc1. The Hall–Kier alpha value is -2.29. The zero-order chi connectivity index (χ0) is 15.9. The van der Waals surface area contributed by atoms with E-state index < -0.39 is 0 Å². The first kappa shape index (κ1) is 16.1. The van der Waals surface area contributed by atoms with E-state index in [1.54, 1.807) is 7.11 Å². The summed E-state index contributed by atoms with van der Waals surface area (Å²) in [7, 11) is 1.66. The van der Waals surface area contributed by atoms with Crippen molar-refractivity contribution < 1.29 is 9.53 Å². The highest BCUT2D eigenvalue weighted by Gasteiger charge is 2.18. The van der Waals surface area contributed by atoms with Crippen molar-refractivity contribution in [3.8, 4) is 16.9 Å². The van der Waals surface area contributed by atoms with Crippen LogP contribution in [0.1, 0.15) is 31.7 Å². The van der Waals surface area contributed by atoms with Crippen molar-refractivity contribution in [2.45, 2.75) is 26.2 Å². The summed E-state index contributed by atoms with van der Waals surface area (Å²) in [5, 5.41) is 2.97. The molecule has 3 heteroatoms. The molecule has 116 valence electrons. The molecule has 3 nitrogen and oxygen atoms in total. The molecule has 0 radical (unpaired) electrons. The molecule has 1 unspecified atom stereocenters. The van der Waals surface area contributed by atoms with E-state index in [0.717, 1.165) is 28.9 Å². The van der Waals surface area contributed by atoms with Crippen LogP contribution in [0.5, 0.6) is 5.75 Å². The lowest BCUT2D eigenvalue weighted by Crippen LogP contribution is -2.28. The Morgan fingerprint density at radius 1 is 1.14 bits per heavy atom. The lowest BCUT2D eigenvalue weighted by Gasteiger charge is -2.16. The van der Waals surface area contributed by atoms with Crippen LogP contribution in [0.15, 0.2) is 48.5 Å². The second-order valence-electron chi connectivity index (χ2n) is 5.33. The van der Waals surface area contributed by atoms with Gasteiger partial charge < -0.3 is 10.1 Å². The van der Waals surface area contributed by atoms with Gasteiger partial charge in [0, 0.05) is 6.54 Å². The van der Waals surface area contributed by atoms with Crippen LogP contribution in [0.4, 0.5) is 0 Å². The van der Waals surface area contributed by atoms with Gasteiger partial charge in [0.05, 0.1) is 13.0 Å². The summed E-state index contributed by atoms with van der Waals surface area (Å²) in [6.45, 7) is 4.72. The number of hydrogen-bond acceptors (Lipinski definition) is 2. The zero-order valence-corrected chi connectivity index (χ0v) is 13.4. The van der Waals surface area contributed by atoms with Crippen LogP contribution in [0.25, 0.3) is 11.1 Å². The molecule has 0 aliphatic rings. The maximum atomic E-state index is 12.3. The van der Waals surface area contributed by atoms with Crippen LogP contribution >= 0.6 is 0 Å². The predicted molar refractivity (Wildman–Crippen MR) is 90.1 cm³/mol. The van der Waals surface area contributed by atoms with E-state index in [2.05, 4.69) is 18.3 Å². The van der Waals surface area contributed by atoms with Gasteiger partial charge in [-0.3, -0.25) is 4.79 Å². The number of methoxy groups -OCH3 is 1. The molecule has 2 aromatic carbocycles. The summed E-state index contributed by atoms with van der Waals surface area (Å²) in [6.07, 6.45) is 0.943. The molecule has 2 aromatic rings. The van der Waals surface area contributed by atoms with Gasteiger partial charge in [-0.05, 0) is 42.2 Å². The van der Waals surface area contributed by atoms with Crippen molar-refractivity contribution in [1.29, 1.82) is 0 Å². The Kier molecular flexibility index (Phi) is 5.59. The standard InChI is InChI=1S/C19H23NO2/c1-4-13-20-19(21)14(2)17-7-5-6-8-18(17)15-9-11-16(22-3)12-10-15/h5-12,14H,4,13H2,1-3H3,(H,20,21). The fraction of sp³-hybridized carbons (Fsp3) is 0.316. The molecule has 22 heavy (non-hydrogen) atoms. The topological polar surface area (TPSA) is 38.3 Å². The smallest absolute Gasteiger partial charge is 0.227 e. The van der Waals surface area contributed by atoms with E-state index in [1.807, 2.05) is 49.4 Å². The second-order valence-corrected chi connectivity index (χ2v) is 5.33. The van der Waals surface area contributed by atoms with Gasteiger partial charge in [0.1, 0.15) is 5.75 Å². The molecule has 0 saturated carbocycles. The third-order valence-electron chi connectivity index (χ3n) is 3.77. The minimum atomic E-state index is -0.176. The van der Waals surface area contributed by atoms with Crippen molar-refractivity contribution in [3.63, 3.8) is 0 Å². The van der Waals surface area contributed by atoms with E-state index in [9.17, 15) is 4.79 Å². The van der Waals surface area contributed by atoms with E-state index >= 15 is 0 Å². The highest BCUT2D eigenvalue weighted by Crippen LogP contribution is 2.30. The van der Waals surface area contributed by atoms with Crippen molar-refractivity contribution in [2.75, 3.05) is 13.7 Å². The van der Waals surface area contributed by atoms with Gasteiger partial charge in [0.2, 0.25) is 5.91 Å². The largest absolute Gasteiger partial charge is 0.497 e. The molecule has 2 rings (SSSR count). The van der Waals surface area contributed by atoms with Gasteiger partial charge in [0.25, 0.3) is 0 Å². The van der Waals surface area contributed by atoms with Gasteiger partial charge in [-0.15, -0.1) is 0 Å². The van der Waals surface area contributed by atoms with Gasteiger partial charge in [0.15, 0.2) is 0 Å². The fourth-order valence-corrected chi connectivity index (χ4v) is 2.45. The zero-order valence-electron chi connectivity index (χ0n) is 13.4. The number of carbonyl (C=O) groups excluding carboxylic acids is 1. The minimum Gasteiger partial charge on any atom is -0.497 e. The molecule has 1 atom stereocenters. The summed E-state index contributed by atoms with van der Waals surface area (Å²) in [5.74, 6) is 0.725. The number of carbonyl (C=O) groups is 1. The van der Waals surface area contributed by atoms with Crippen LogP contribution in [0.3, 0.4) is 0 Å². The Labute approximate surface area is 132 Å². The quantitative estimate of drug-likeness (QED) is 0.875. The maximum Gasteiger partial charge on any atom is 0.227 e. The number of hydrogen-bond donors (Lipinski definition) is 1. The molecule has 1 N–H and O–H groups in total. The van der Waals surface area contributed by atoms with Crippen LogP contribution in [-0.2, 0) is 4.79 Å². The summed E-state index contributed by atoms with van der Waals surface area (Å²) >= 11 is 0. The number of rotatable bonds is 6. The van der Waals surface area contributed by atoms with E-state index in [-0.39, 0.29) is 11.8 Å². The third-order valence-corrected chi connectivity index (χ3v) is 3.77. The van der Waals surface area contributed by atoms with Crippen molar-refractivity contribution in [3.05, 3.63) is 54.1 Å². The first-order valence-corrected chi connectivity index (χ1v) is 7.68. The van der Waals surface area contributed by atoms with Crippen LogP contribution in [0, 0.1) is 0 Å². The highest BCUT2D eigenvalue weighted by molar-refractivity contribution is 5.86. The monoisotopic (exact) mass is 297 g/mol.